The van der Waals surface area contributed by atoms with Crippen LogP contribution in [-0.2, 0) is 26.2 Å². The topological polar surface area (TPSA) is 267 Å². The number of nitrogens with one attached hydrogen (secondary N) is 4. The summed E-state index contributed by atoms with van der Waals surface area (Å²) in [7, 11) is 0. The molecule has 0 aliphatic carbocycles. The van der Waals surface area contributed by atoms with Gasteiger partial charge in [-0.15, -0.1) is 11.3 Å². The maximum atomic E-state index is 11.5. The monoisotopic (exact) mass is 1730 g/mol. The Hall–Kier alpha value is -10.1. The van der Waals surface area contributed by atoms with Crippen LogP contribution in [0.2, 0.25) is 20.1 Å². The summed E-state index contributed by atoms with van der Waals surface area (Å²) >= 11 is 40.4. The zero-order valence-corrected chi connectivity index (χ0v) is 63.7. The molecule has 0 saturated carbocycles. The molecule has 0 saturated heterocycles. The van der Waals surface area contributed by atoms with E-state index in [-0.39, 0.29) is 6.79 Å². The third-order valence-corrected chi connectivity index (χ3v) is 19.8. The molecular formula is C71H50Br4Cl4N20O4S. The highest BCUT2D eigenvalue weighted by Crippen LogP contribution is 2.38. The van der Waals surface area contributed by atoms with Crippen LogP contribution < -0.4 is 40.2 Å². The van der Waals surface area contributed by atoms with E-state index >= 15 is 0 Å². The van der Waals surface area contributed by atoms with Gasteiger partial charge in [0.1, 0.15) is 23.3 Å². The van der Waals surface area contributed by atoms with Gasteiger partial charge in [-0.2, -0.15) is 47.9 Å². The number of hydrogen-bond acceptors (Lipinski definition) is 19. The van der Waals surface area contributed by atoms with Gasteiger partial charge in [-0.05, 0) is 165 Å². The number of ether oxygens (including phenoxy) is 2. The number of benzene rings is 3. The van der Waals surface area contributed by atoms with Crippen molar-refractivity contribution >= 4 is 167 Å². The molecule has 104 heavy (non-hydrogen) atoms. The molecule has 520 valence electrons. The Kier molecular flexibility index (Phi) is 22.0. The average molecular weight is 1740 g/mol. The quantitative estimate of drug-likeness (QED) is 0.0517. The third-order valence-electron chi connectivity index (χ3n) is 15.6. The van der Waals surface area contributed by atoms with Crippen molar-refractivity contribution in [3.8, 4) is 55.8 Å². The van der Waals surface area contributed by atoms with Gasteiger partial charge in [-0.25, -0.2) is 19.9 Å². The van der Waals surface area contributed by atoms with Crippen LogP contribution in [-0.4, -0.2) is 75.2 Å². The molecule has 33 heteroatoms. The molecule has 1 aliphatic rings. The Morgan fingerprint density at radius 2 is 0.846 bits per heavy atom. The van der Waals surface area contributed by atoms with Gasteiger partial charge in [-0.1, -0.05) is 64.6 Å². The third kappa shape index (κ3) is 16.6. The van der Waals surface area contributed by atoms with Crippen molar-refractivity contribution in [2.75, 3.05) is 28.1 Å². The van der Waals surface area contributed by atoms with E-state index in [1.165, 1.54) is 18.6 Å². The molecule has 0 atom stereocenters. The van der Waals surface area contributed by atoms with Crippen molar-refractivity contribution in [2.45, 2.75) is 26.2 Å². The van der Waals surface area contributed by atoms with Crippen LogP contribution in [0.5, 0.6) is 11.5 Å². The Morgan fingerprint density at radius 3 is 1.27 bits per heavy atom. The first-order valence-corrected chi connectivity index (χ1v) is 36.8. The summed E-state index contributed by atoms with van der Waals surface area (Å²) in [5.74, 6) is 4.64. The second-order valence-electron chi connectivity index (χ2n) is 22.6. The normalized spacial score (nSPS) is 11.4. The van der Waals surface area contributed by atoms with Gasteiger partial charge in [0.15, 0.2) is 58.9 Å². The molecule has 0 amide bonds. The molecule has 17 rings (SSSR count). The van der Waals surface area contributed by atoms with Gasteiger partial charge >= 0.3 is 0 Å². The SMILES string of the molecule is Brc1cnn2c(NCc3cccnc3)cc(-c3ccc4c(c3)OCO4)nc12.Clc1ccc(-c2cc(NCc3cccnc3)n3ncc(Br)c3n2)c(Cl)c1.[O-][n+]1cccc(CNc2cc(-c3ccc(Cl)cc3Cl)nc3c(Br)cnn23)c1.[O-][n+]1cccc(CNc2cc(-c3cccs3)nc3c(Br)cnn23)c1. The molecule has 0 radical (unpaired) electrons. The van der Waals surface area contributed by atoms with Crippen LogP contribution >= 0.6 is 121 Å². The van der Waals surface area contributed by atoms with Crippen LogP contribution in [0.4, 0.5) is 23.3 Å². The zero-order chi connectivity index (χ0) is 71.8. The maximum absolute atomic E-state index is 11.5. The molecule has 24 nitrogen and oxygen atoms in total. The van der Waals surface area contributed by atoms with Crippen LogP contribution in [0, 0.1) is 10.4 Å². The van der Waals surface area contributed by atoms with E-state index in [9.17, 15) is 10.4 Å². The summed E-state index contributed by atoms with van der Waals surface area (Å²) in [6.45, 7) is 2.46. The van der Waals surface area contributed by atoms with Crippen LogP contribution in [0.25, 0.3) is 66.9 Å². The van der Waals surface area contributed by atoms with Crippen molar-refractivity contribution in [1.82, 2.24) is 68.4 Å². The first-order chi connectivity index (χ1) is 50.6. The van der Waals surface area contributed by atoms with Crippen molar-refractivity contribution < 1.29 is 18.9 Å². The van der Waals surface area contributed by atoms with Gasteiger partial charge in [0.25, 0.3) is 0 Å². The van der Waals surface area contributed by atoms with Crippen molar-refractivity contribution in [2.24, 2.45) is 0 Å². The minimum absolute atomic E-state index is 0.247. The lowest BCUT2D eigenvalue weighted by Crippen LogP contribution is -2.25. The zero-order valence-electron chi connectivity index (χ0n) is 53.5. The Morgan fingerprint density at radius 1 is 0.433 bits per heavy atom. The van der Waals surface area contributed by atoms with E-state index in [2.05, 4.69) is 130 Å². The summed E-state index contributed by atoms with van der Waals surface area (Å²) < 4.78 is 22.6. The fraction of sp³-hybridized carbons (Fsp3) is 0.0704. The number of nitrogens with zero attached hydrogens (tertiary/aromatic N) is 16. The maximum Gasteiger partial charge on any atom is 0.231 e. The molecular weight excluding hydrogens is 1690 g/mol. The summed E-state index contributed by atoms with van der Waals surface area (Å²) in [5.41, 5.74) is 12.3. The fourth-order valence-electron chi connectivity index (χ4n) is 10.7. The lowest BCUT2D eigenvalue weighted by molar-refractivity contribution is -0.606. The number of hydrogen-bond donors (Lipinski definition) is 4. The molecule has 0 fully saturated rings. The Balaban J connectivity index is 0.000000117. The summed E-state index contributed by atoms with van der Waals surface area (Å²) in [5, 5.41) is 58.0. The highest BCUT2D eigenvalue weighted by molar-refractivity contribution is 9.11. The smallest absolute Gasteiger partial charge is 0.231 e. The Labute approximate surface area is 649 Å². The van der Waals surface area contributed by atoms with Gasteiger partial charge in [0, 0.05) is 125 Å². The lowest BCUT2D eigenvalue weighted by Gasteiger charge is -2.12. The van der Waals surface area contributed by atoms with Gasteiger partial charge in [-0.3, -0.25) is 9.97 Å². The van der Waals surface area contributed by atoms with E-state index < -0.39 is 0 Å². The second-order valence-corrected chi connectivity index (χ2v) is 28.6. The number of pyridine rings is 4. The molecule has 16 aromatic rings. The number of rotatable bonds is 16. The highest BCUT2D eigenvalue weighted by Gasteiger charge is 2.20. The molecule has 1 aliphatic heterocycles. The fourth-order valence-corrected chi connectivity index (χ4v) is 13.7. The number of fused-ring (bicyclic) bond motifs is 5. The van der Waals surface area contributed by atoms with Crippen molar-refractivity contribution in [3.05, 3.63) is 290 Å². The van der Waals surface area contributed by atoms with Crippen molar-refractivity contribution in [3.63, 3.8) is 0 Å². The van der Waals surface area contributed by atoms with Crippen molar-refractivity contribution in [1.29, 1.82) is 0 Å². The van der Waals surface area contributed by atoms with E-state index in [1.807, 2.05) is 121 Å². The summed E-state index contributed by atoms with van der Waals surface area (Å²) in [4.78, 5) is 28.1. The number of anilines is 4. The standard InChI is InChI=1S/C19H14BrN5O2.C18H12BrCl2N5O.C18H12BrCl2N5.C16H12BrN5OS/c20-14-10-23-25-18(22-9-12-2-1-5-21-8-12)7-15(24-19(14)25)13-3-4-16-17(6-13)27-11-26-16;19-14-9-23-26-17(22-8-11-2-1-5-25(27)10-11)7-16(24-18(14)26)13-4-3-12(20)6-15(13)21;19-14-10-24-26-17(23-9-11-2-1-5-22-8-11)7-16(25-18(14)26)13-4-3-12(20)6-15(13)21;17-12-9-19-22-15(18-8-11-3-1-5-21(23)10-11)7-13(20-16(12)22)14-4-2-6-24-14/h1-8,10,22H,9,11H2;1-7,9-10,22H,8H2;1-8,10,23H,9H2;1-7,9-10,18H,8H2. The molecule has 13 aromatic heterocycles. The minimum Gasteiger partial charge on any atom is -0.619 e. The number of thiophene rings is 1. The molecule has 0 bridgehead atoms. The minimum atomic E-state index is 0.247. The summed E-state index contributed by atoms with van der Waals surface area (Å²) in [6, 6.07) is 43.3. The highest BCUT2D eigenvalue weighted by atomic mass is 79.9. The second kappa shape index (κ2) is 32.3. The number of halogens is 8. The van der Waals surface area contributed by atoms with Gasteiger partial charge in [0.2, 0.25) is 6.79 Å². The number of aromatic nitrogens is 16. The molecule has 14 heterocycles. The molecule has 0 unspecified atom stereocenters. The largest absolute Gasteiger partial charge is 0.619 e. The first kappa shape index (κ1) is 70.9. The van der Waals surface area contributed by atoms with Crippen LogP contribution in [0.15, 0.2) is 237 Å². The van der Waals surface area contributed by atoms with E-state index in [1.54, 1.807) is 109 Å². The van der Waals surface area contributed by atoms with Gasteiger partial charge in [0.05, 0.1) is 80.4 Å². The molecule has 4 N–H and O–H groups in total. The predicted octanol–water partition coefficient (Wildman–Crippen LogP) is 17.5. The molecule has 0 spiro atoms. The van der Waals surface area contributed by atoms with Crippen LogP contribution in [0.1, 0.15) is 22.3 Å². The average Bonchev–Trinajstić information content (AvgIpc) is 1.32. The lowest BCUT2D eigenvalue weighted by atomic mass is 10.1. The Bertz CT molecular complexity index is 5770. The van der Waals surface area contributed by atoms with E-state index in [4.69, 9.17) is 60.9 Å². The predicted molar refractivity (Wildman–Crippen MR) is 417 cm³/mol. The van der Waals surface area contributed by atoms with Gasteiger partial charge < -0.3 is 41.2 Å². The van der Waals surface area contributed by atoms with E-state index in [0.717, 1.165) is 129 Å². The van der Waals surface area contributed by atoms with Crippen LogP contribution in [0.3, 0.4) is 0 Å². The summed E-state index contributed by atoms with van der Waals surface area (Å²) in [6.07, 6.45) is 20.0. The van der Waals surface area contributed by atoms with E-state index in [0.29, 0.717) is 69.1 Å². The molecule has 3 aromatic carbocycles. The first-order valence-electron chi connectivity index (χ1n) is 31.2.